The van der Waals surface area contributed by atoms with Crippen LogP contribution in [-0.4, -0.2) is 19.4 Å². The van der Waals surface area contributed by atoms with E-state index in [9.17, 15) is 12.9 Å². The van der Waals surface area contributed by atoms with Gasteiger partial charge < -0.3 is 17.2 Å². The Hall–Kier alpha value is -0.185. The van der Waals surface area contributed by atoms with Crippen molar-refractivity contribution in [3.05, 3.63) is 0 Å². The highest BCUT2D eigenvalue weighted by Crippen LogP contribution is 2.46. The van der Waals surface area contributed by atoms with Gasteiger partial charge in [-0.2, -0.15) is 0 Å². The molecule has 0 radical (unpaired) electrons. The molecule has 11 heavy (non-hydrogen) atoms. The first kappa shape index (κ1) is 8.91. The molecule has 0 N–H and O–H groups in total. The first-order chi connectivity index (χ1) is 5.02. The third-order valence-electron chi connectivity index (χ3n) is 2.15. The van der Waals surface area contributed by atoms with Crippen molar-refractivity contribution in [2.24, 2.45) is 0 Å². The Bertz CT molecular complexity index is 137. The zero-order chi connectivity index (χ0) is 8.65. The summed E-state index contributed by atoms with van der Waals surface area (Å²) in [5, 5.41) is 0. The minimum absolute atomic E-state index is 0.306. The monoisotopic (exact) mass is 168 g/mol. The molecule has 1 aliphatic heterocycles. The van der Waals surface area contributed by atoms with Crippen LogP contribution in [0.4, 0.5) is 12.9 Å². The fourth-order valence-electron chi connectivity index (χ4n) is 1.63. The second kappa shape index (κ2) is 2.70. The molecule has 0 bridgehead atoms. The lowest BCUT2D eigenvalue weighted by molar-refractivity contribution is 0.0859. The lowest BCUT2D eigenvalue weighted by Gasteiger charge is -2.11. The van der Waals surface area contributed by atoms with Crippen LogP contribution >= 0.6 is 0 Å². The molecule has 0 amide bonds. The quantitative estimate of drug-likeness (QED) is 0.345. The molecule has 0 aromatic carbocycles. The third kappa shape index (κ3) is 1.53. The van der Waals surface area contributed by atoms with Crippen LogP contribution in [0, 0.1) is 0 Å². The molecule has 5 heteroatoms. The summed E-state index contributed by atoms with van der Waals surface area (Å²) in [6.45, 7) is 3.56. The molecule has 1 nitrogen and oxygen atoms in total. The first-order valence-corrected chi connectivity index (χ1v) is 3.93. The minimum atomic E-state index is -4.80. The van der Waals surface area contributed by atoms with Gasteiger partial charge in [-0.15, -0.1) is 0 Å². The van der Waals surface area contributed by atoms with E-state index in [0.29, 0.717) is 12.8 Å². The highest BCUT2D eigenvalue weighted by molar-refractivity contribution is 6.52. The Morgan fingerprint density at radius 3 is 1.55 bits per heavy atom. The van der Waals surface area contributed by atoms with Crippen molar-refractivity contribution in [1.29, 1.82) is 0 Å². The second-order valence-electron chi connectivity index (χ2n) is 2.82. The number of hydrogen-bond donors (Lipinski definition) is 0. The summed E-state index contributed by atoms with van der Waals surface area (Å²) < 4.78 is 37.7. The van der Waals surface area contributed by atoms with Crippen LogP contribution < -0.4 is 0 Å². The minimum Gasteiger partial charge on any atom is -0.566 e. The number of halogens is 3. The maximum absolute atomic E-state index is 12.1. The van der Waals surface area contributed by atoms with Gasteiger partial charge in [0.2, 0.25) is 0 Å². The van der Waals surface area contributed by atoms with Crippen LogP contribution in [0.1, 0.15) is 26.7 Å². The molecule has 2 unspecified atom stereocenters. The maximum atomic E-state index is 12.1. The van der Waals surface area contributed by atoms with E-state index in [1.807, 2.05) is 0 Å². The average molecular weight is 168 g/mol. The summed E-state index contributed by atoms with van der Waals surface area (Å²) in [4.78, 5) is 0. The van der Waals surface area contributed by atoms with Gasteiger partial charge in [-0.05, 0) is 0 Å². The fraction of sp³-hybridized carbons (Fsp3) is 1.00. The summed E-state index contributed by atoms with van der Waals surface area (Å²) in [6.07, 6.45) is 0.537. The van der Waals surface area contributed by atoms with Gasteiger partial charge in [-0.1, -0.05) is 13.8 Å². The predicted molar refractivity (Wildman–Crippen MR) is 38.3 cm³/mol. The van der Waals surface area contributed by atoms with E-state index in [0.717, 1.165) is 0 Å². The molecule has 1 fully saturated rings. The maximum Gasteiger partial charge on any atom is 0.844 e. The molecule has 0 saturated carbocycles. The lowest BCUT2D eigenvalue weighted by atomic mass is 10.2. The Morgan fingerprint density at radius 1 is 1.09 bits per heavy atom. The highest BCUT2D eigenvalue weighted by atomic mass is 19.4. The third-order valence-corrected chi connectivity index (χ3v) is 2.15. The average Bonchev–Trinajstić information content (AvgIpc) is 2.58. The summed E-state index contributed by atoms with van der Waals surface area (Å²) in [7, 11) is -4.80. The predicted octanol–water partition coefficient (Wildman–Crippen LogP) is 2.45. The van der Waals surface area contributed by atoms with E-state index in [4.69, 9.17) is 0 Å². The SMILES string of the molecule is CCC1C(CC)[O+]1[B-](F)(F)F. The fourth-order valence-corrected chi connectivity index (χ4v) is 1.63. The molecule has 1 heterocycles. The van der Waals surface area contributed by atoms with E-state index in [-0.39, 0.29) is 12.2 Å². The number of epoxide rings is 1. The Kier molecular flexibility index (Phi) is 2.18. The van der Waals surface area contributed by atoms with E-state index in [1.54, 1.807) is 13.8 Å². The van der Waals surface area contributed by atoms with Crippen LogP contribution in [0.2, 0.25) is 0 Å². The van der Waals surface area contributed by atoms with Crippen LogP contribution in [0.3, 0.4) is 0 Å². The van der Waals surface area contributed by atoms with Crippen LogP contribution in [0.25, 0.3) is 0 Å². The van der Waals surface area contributed by atoms with Crippen molar-refractivity contribution in [2.75, 3.05) is 0 Å². The van der Waals surface area contributed by atoms with Crippen LogP contribution in [-0.2, 0) is 4.28 Å². The van der Waals surface area contributed by atoms with Gasteiger partial charge in [0.25, 0.3) is 0 Å². The molecule has 66 valence electrons. The Labute approximate surface area is 64.3 Å². The molecular formula is C6H12BF3O. The van der Waals surface area contributed by atoms with Crippen molar-refractivity contribution in [3.63, 3.8) is 0 Å². The molecule has 0 spiro atoms. The van der Waals surface area contributed by atoms with Crippen molar-refractivity contribution >= 4 is 7.18 Å². The molecule has 1 saturated heterocycles. The molecule has 1 rings (SSSR count). The molecule has 1 aliphatic rings. The van der Waals surface area contributed by atoms with E-state index in [2.05, 4.69) is 0 Å². The zero-order valence-electron chi connectivity index (χ0n) is 6.69. The zero-order valence-corrected chi connectivity index (χ0v) is 6.69. The van der Waals surface area contributed by atoms with Crippen molar-refractivity contribution in [3.8, 4) is 0 Å². The standard InChI is InChI=1S/C6H12BF3O/c1-3-5-6(4-2)11(5)7(8,9)10/h5-6H,3-4H2,1-2H3. The largest absolute Gasteiger partial charge is 0.844 e. The number of rotatable bonds is 3. The normalized spacial score (nSPS) is 32.5. The molecular weight excluding hydrogens is 156 g/mol. The second-order valence-corrected chi connectivity index (χ2v) is 2.82. The molecule has 0 aromatic rings. The van der Waals surface area contributed by atoms with E-state index >= 15 is 0 Å². The summed E-state index contributed by atoms with van der Waals surface area (Å²) in [6, 6.07) is 0. The molecule has 2 atom stereocenters. The summed E-state index contributed by atoms with van der Waals surface area (Å²) in [5.41, 5.74) is 0. The van der Waals surface area contributed by atoms with Gasteiger partial charge in [0, 0.05) is 12.8 Å². The van der Waals surface area contributed by atoms with Crippen molar-refractivity contribution in [1.82, 2.24) is 0 Å². The van der Waals surface area contributed by atoms with E-state index in [1.165, 1.54) is 4.28 Å². The van der Waals surface area contributed by atoms with Gasteiger partial charge in [-0.3, -0.25) is 0 Å². The number of hydrogen-bond acceptors (Lipinski definition) is 0. The summed E-state index contributed by atoms with van der Waals surface area (Å²) >= 11 is 0. The van der Waals surface area contributed by atoms with Gasteiger partial charge >= 0.3 is 7.18 Å². The van der Waals surface area contributed by atoms with Gasteiger partial charge in [0.1, 0.15) is 0 Å². The topological polar surface area (TPSA) is 2.70 Å². The van der Waals surface area contributed by atoms with Crippen LogP contribution in [0.15, 0.2) is 0 Å². The highest BCUT2D eigenvalue weighted by Gasteiger charge is 2.65. The smallest absolute Gasteiger partial charge is 0.566 e. The van der Waals surface area contributed by atoms with Gasteiger partial charge in [0.15, 0.2) is 12.2 Å². The lowest BCUT2D eigenvalue weighted by Crippen LogP contribution is -2.24. The summed E-state index contributed by atoms with van der Waals surface area (Å²) in [5.74, 6) is 0. The van der Waals surface area contributed by atoms with Gasteiger partial charge in [0.05, 0.1) is 0 Å². The van der Waals surface area contributed by atoms with Crippen molar-refractivity contribution in [2.45, 2.75) is 38.9 Å². The van der Waals surface area contributed by atoms with E-state index < -0.39 is 7.18 Å². The first-order valence-electron chi connectivity index (χ1n) is 3.93. The Morgan fingerprint density at radius 2 is 1.45 bits per heavy atom. The van der Waals surface area contributed by atoms with Crippen LogP contribution in [0.5, 0.6) is 0 Å². The molecule has 0 aliphatic carbocycles. The Balaban J connectivity index is 2.51. The van der Waals surface area contributed by atoms with Crippen molar-refractivity contribution < 1.29 is 17.2 Å². The van der Waals surface area contributed by atoms with Gasteiger partial charge in [-0.25, -0.2) is 0 Å². The molecule has 0 aromatic heterocycles.